The van der Waals surface area contributed by atoms with Crippen molar-refractivity contribution in [3.05, 3.63) is 21.1 Å². The summed E-state index contributed by atoms with van der Waals surface area (Å²) in [4.78, 5) is 11.5. The zero-order valence-electron chi connectivity index (χ0n) is 10.3. The van der Waals surface area contributed by atoms with Crippen molar-refractivity contribution in [3.8, 4) is 11.8 Å². The molecule has 2 N–H and O–H groups in total. The standard InChI is InChI=1S/C12H13Br2N3O2/c1-19-11-6-10(8(13)5-9(11)14)17-7-12(18)16-4-2-3-15/h5-6,17H,2,4,7H2,1H3,(H,16,18). The fourth-order valence-corrected chi connectivity index (χ4v) is 2.61. The first-order valence-electron chi connectivity index (χ1n) is 5.49. The maximum absolute atomic E-state index is 11.5. The van der Waals surface area contributed by atoms with Crippen LogP contribution in [0.3, 0.4) is 0 Å². The molecule has 0 fully saturated rings. The minimum atomic E-state index is -0.163. The Morgan fingerprint density at radius 2 is 2.16 bits per heavy atom. The molecule has 0 aliphatic carbocycles. The van der Waals surface area contributed by atoms with Crippen LogP contribution in [-0.4, -0.2) is 26.1 Å². The average molecular weight is 391 g/mol. The van der Waals surface area contributed by atoms with Crippen LogP contribution >= 0.6 is 31.9 Å². The van der Waals surface area contributed by atoms with Crippen molar-refractivity contribution in [2.45, 2.75) is 6.42 Å². The Hall–Kier alpha value is -1.26. The molecule has 1 amide bonds. The number of anilines is 1. The molecule has 5 nitrogen and oxygen atoms in total. The van der Waals surface area contributed by atoms with Gasteiger partial charge in [-0.25, -0.2) is 0 Å². The summed E-state index contributed by atoms with van der Waals surface area (Å²) in [5, 5.41) is 14.0. The largest absolute Gasteiger partial charge is 0.495 e. The number of ether oxygens (including phenoxy) is 1. The number of rotatable bonds is 6. The Balaban J connectivity index is 2.58. The van der Waals surface area contributed by atoms with Crippen LogP contribution in [0.1, 0.15) is 6.42 Å². The highest BCUT2D eigenvalue weighted by Gasteiger charge is 2.08. The van der Waals surface area contributed by atoms with Gasteiger partial charge in [0.15, 0.2) is 0 Å². The maximum atomic E-state index is 11.5. The molecule has 1 rings (SSSR count). The lowest BCUT2D eigenvalue weighted by Gasteiger charge is -2.11. The minimum absolute atomic E-state index is 0.134. The summed E-state index contributed by atoms with van der Waals surface area (Å²) in [6.45, 7) is 0.497. The Labute approximate surface area is 128 Å². The van der Waals surface area contributed by atoms with E-state index in [2.05, 4.69) is 42.5 Å². The fourth-order valence-electron chi connectivity index (χ4n) is 1.32. The van der Waals surface area contributed by atoms with Crippen LogP contribution in [0.15, 0.2) is 21.1 Å². The lowest BCUT2D eigenvalue weighted by Crippen LogP contribution is -2.30. The van der Waals surface area contributed by atoms with E-state index in [1.807, 2.05) is 12.1 Å². The van der Waals surface area contributed by atoms with E-state index in [-0.39, 0.29) is 12.5 Å². The summed E-state index contributed by atoms with van der Waals surface area (Å²) in [6.07, 6.45) is 0.307. The number of nitrogens with one attached hydrogen (secondary N) is 2. The van der Waals surface area contributed by atoms with Gasteiger partial charge in [0.1, 0.15) is 5.75 Å². The molecular formula is C12H13Br2N3O2. The molecule has 0 saturated carbocycles. The highest BCUT2D eigenvalue weighted by molar-refractivity contribution is 9.11. The normalized spacial score (nSPS) is 9.58. The molecule has 0 bridgehead atoms. The summed E-state index contributed by atoms with van der Waals surface area (Å²) in [7, 11) is 1.58. The Morgan fingerprint density at radius 3 is 2.79 bits per heavy atom. The highest BCUT2D eigenvalue weighted by Crippen LogP contribution is 2.34. The molecule has 0 heterocycles. The molecule has 0 aliphatic rings. The van der Waals surface area contributed by atoms with Crippen LogP contribution in [0, 0.1) is 11.3 Å². The van der Waals surface area contributed by atoms with Crippen LogP contribution < -0.4 is 15.4 Å². The quantitative estimate of drug-likeness (QED) is 0.732. The first kappa shape index (κ1) is 15.8. The van der Waals surface area contributed by atoms with Gasteiger partial charge in [-0.3, -0.25) is 4.79 Å². The second-order valence-corrected chi connectivity index (χ2v) is 5.29. The third-order valence-corrected chi connectivity index (χ3v) is 3.52. The van der Waals surface area contributed by atoms with Gasteiger partial charge in [0.05, 0.1) is 36.3 Å². The van der Waals surface area contributed by atoms with E-state index in [0.29, 0.717) is 18.7 Å². The third kappa shape index (κ3) is 5.09. The second-order valence-electron chi connectivity index (χ2n) is 3.58. The van der Waals surface area contributed by atoms with Crippen LogP contribution in [0.4, 0.5) is 5.69 Å². The molecule has 0 aliphatic heterocycles. The summed E-state index contributed by atoms with van der Waals surface area (Å²) >= 11 is 6.77. The number of carbonyl (C=O) groups excluding carboxylic acids is 1. The van der Waals surface area contributed by atoms with E-state index in [0.717, 1.165) is 14.6 Å². The molecule has 0 spiro atoms. The number of hydrogen-bond acceptors (Lipinski definition) is 4. The minimum Gasteiger partial charge on any atom is -0.495 e. The predicted molar refractivity (Wildman–Crippen MR) is 80.1 cm³/mol. The zero-order valence-corrected chi connectivity index (χ0v) is 13.5. The molecule has 0 aromatic heterocycles. The Kier molecular flexibility index (Phi) is 6.67. The van der Waals surface area contributed by atoms with Gasteiger partial charge in [-0.15, -0.1) is 0 Å². The van der Waals surface area contributed by atoms with Crippen molar-refractivity contribution < 1.29 is 9.53 Å². The van der Waals surface area contributed by atoms with Crippen molar-refractivity contribution in [2.24, 2.45) is 0 Å². The Morgan fingerprint density at radius 1 is 1.42 bits per heavy atom. The zero-order chi connectivity index (χ0) is 14.3. The van der Waals surface area contributed by atoms with E-state index in [1.54, 1.807) is 13.2 Å². The van der Waals surface area contributed by atoms with Gasteiger partial charge >= 0.3 is 0 Å². The van der Waals surface area contributed by atoms with Crippen molar-refractivity contribution in [1.29, 1.82) is 5.26 Å². The summed E-state index contributed by atoms with van der Waals surface area (Å²) < 4.78 is 6.83. The van der Waals surface area contributed by atoms with Gasteiger partial charge < -0.3 is 15.4 Å². The number of carbonyl (C=O) groups is 1. The average Bonchev–Trinajstić information content (AvgIpc) is 2.38. The number of amides is 1. The fraction of sp³-hybridized carbons (Fsp3) is 0.333. The van der Waals surface area contributed by atoms with Gasteiger partial charge in [0, 0.05) is 17.1 Å². The number of nitrogens with zero attached hydrogens (tertiary/aromatic N) is 1. The van der Waals surface area contributed by atoms with Crippen LogP contribution in [0.2, 0.25) is 0 Å². The third-order valence-electron chi connectivity index (χ3n) is 2.24. The van der Waals surface area contributed by atoms with Crippen molar-refractivity contribution in [1.82, 2.24) is 5.32 Å². The van der Waals surface area contributed by atoms with Gasteiger partial charge in [0.2, 0.25) is 5.91 Å². The van der Waals surface area contributed by atoms with Crippen molar-refractivity contribution >= 4 is 43.5 Å². The van der Waals surface area contributed by atoms with Crippen molar-refractivity contribution in [2.75, 3.05) is 25.5 Å². The number of methoxy groups -OCH3 is 1. The lowest BCUT2D eigenvalue weighted by molar-refractivity contribution is -0.119. The molecule has 1 aromatic carbocycles. The maximum Gasteiger partial charge on any atom is 0.239 e. The first-order chi connectivity index (χ1) is 9.08. The summed E-state index contributed by atoms with van der Waals surface area (Å²) in [5.74, 6) is 0.514. The van der Waals surface area contributed by atoms with Gasteiger partial charge in [0.25, 0.3) is 0 Å². The van der Waals surface area contributed by atoms with Crippen LogP contribution in [0.5, 0.6) is 5.75 Å². The van der Waals surface area contributed by atoms with E-state index in [9.17, 15) is 4.79 Å². The Bertz CT molecular complexity index is 500. The topological polar surface area (TPSA) is 74.2 Å². The van der Waals surface area contributed by atoms with Crippen LogP contribution in [0.25, 0.3) is 0 Å². The number of benzene rings is 1. The smallest absolute Gasteiger partial charge is 0.239 e. The van der Waals surface area contributed by atoms with E-state index in [1.165, 1.54) is 0 Å². The molecule has 0 saturated heterocycles. The second kappa shape index (κ2) is 8.02. The van der Waals surface area contributed by atoms with E-state index >= 15 is 0 Å². The van der Waals surface area contributed by atoms with Gasteiger partial charge in [-0.05, 0) is 37.9 Å². The summed E-state index contributed by atoms with van der Waals surface area (Å²) in [6, 6.07) is 5.59. The summed E-state index contributed by atoms with van der Waals surface area (Å²) in [5.41, 5.74) is 0.760. The predicted octanol–water partition coefficient (Wildman–Crippen LogP) is 2.66. The molecule has 19 heavy (non-hydrogen) atoms. The molecule has 1 aromatic rings. The molecule has 7 heteroatoms. The monoisotopic (exact) mass is 389 g/mol. The van der Waals surface area contributed by atoms with Crippen molar-refractivity contribution in [3.63, 3.8) is 0 Å². The number of hydrogen-bond donors (Lipinski definition) is 2. The number of nitriles is 1. The molecular weight excluding hydrogens is 378 g/mol. The molecule has 0 atom stereocenters. The molecule has 102 valence electrons. The van der Waals surface area contributed by atoms with Gasteiger partial charge in [-0.2, -0.15) is 5.26 Å². The SMILES string of the molecule is COc1cc(NCC(=O)NCCC#N)c(Br)cc1Br. The van der Waals surface area contributed by atoms with E-state index in [4.69, 9.17) is 10.00 Å². The first-order valence-corrected chi connectivity index (χ1v) is 7.07. The highest BCUT2D eigenvalue weighted by atomic mass is 79.9. The van der Waals surface area contributed by atoms with Gasteiger partial charge in [-0.1, -0.05) is 0 Å². The van der Waals surface area contributed by atoms with E-state index < -0.39 is 0 Å². The molecule has 0 unspecified atom stereocenters. The lowest BCUT2D eigenvalue weighted by atomic mass is 10.3. The number of halogens is 2. The van der Waals surface area contributed by atoms with Crippen LogP contribution in [-0.2, 0) is 4.79 Å². The molecule has 0 radical (unpaired) electrons.